The Labute approximate surface area is 149 Å². The lowest BCUT2D eigenvalue weighted by atomic mass is 10.0. The Morgan fingerprint density at radius 2 is 2.04 bits per heavy atom. The molecule has 132 valence electrons. The van der Waals surface area contributed by atoms with Gasteiger partial charge in [0.2, 0.25) is 0 Å². The van der Waals surface area contributed by atoms with E-state index in [0.29, 0.717) is 6.61 Å². The van der Waals surface area contributed by atoms with Crippen LogP contribution in [0.3, 0.4) is 0 Å². The zero-order valence-electron chi connectivity index (χ0n) is 15.2. The molecule has 0 spiro atoms. The van der Waals surface area contributed by atoms with E-state index < -0.39 is 0 Å². The van der Waals surface area contributed by atoms with Gasteiger partial charge in [-0.1, -0.05) is 19.1 Å². The van der Waals surface area contributed by atoms with Gasteiger partial charge in [0.1, 0.15) is 12.4 Å². The highest BCUT2D eigenvalue weighted by atomic mass is 16.5. The largest absolute Gasteiger partial charge is 0.490 e. The van der Waals surface area contributed by atoms with Crippen molar-refractivity contribution in [1.82, 2.24) is 15.2 Å². The van der Waals surface area contributed by atoms with E-state index in [1.54, 1.807) is 17.3 Å². The Bertz CT molecular complexity index is 761. The van der Waals surface area contributed by atoms with Crippen LogP contribution in [0.2, 0.25) is 0 Å². The highest BCUT2D eigenvalue weighted by molar-refractivity contribution is 5.75. The fourth-order valence-electron chi connectivity index (χ4n) is 3.36. The van der Waals surface area contributed by atoms with Crippen molar-refractivity contribution in [2.45, 2.75) is 39.3 Å². The molecule has 1 aliphatic rings. The molecule has 25 heavy (non-hydrogen) atoms. The first-order chi connectivity index (χ1) is 12.0. The lowest BCUT2D eigenvalue weighted by Crippen LogP contribution is -2.41. The number of amides is 2. The number of ether oxygens (including phenoxy) is 1. The normalized spacial score (nSPS) is 16.7. The van der Waals surface area contributed by atoms with E-state index in [2.05, 4.69) is 43.2 Å². The highest BCUT2D eigenvalue weighted by Crippen LogP contribution is 2.36. The second-order valence-electron chi connectivity index (χ2n) is 6.55. The van der Waals surface area contributed by atoms with E-state index in [9.17, 15) is 4.79 Å². The number of rotatable bonds is 4. The fraction of sp³-hybridized carbons (Fsp3) is 0.400. The van der Waals surface area contributed by atoms with Crippen molar-refractivity contribution in [3.63, 3.8) is 0 Å². The minimum Gasteiger partial charge on any atom is -0.490 e. The van der Waals surface area contributed by atoms with Crippen LogP contribution in [0.5, 0.6) is 5.75 Å². The molecule has 0 saturated heterocycles. The Hall–Kier alpha value is -2.56. The molecule has 0 unspecified atom stereocenters. The van der Waals surface area contributed by atoms with Crippen LogP contribution in [0.1, 0.15) is 47.7 Å². The topological polar surface area (TPSA) is 54.5 Å². The summed E-state index contributed by atoms with van der Waals surface area (Å²) in [6.45, 7) is 6.68. The third-order valence-electron chi connectivity index (χ3n) is 5.04. The number of pyridine rings is 1. The average Bonchev–Trinajstić information content (AvgIpc) is 3.03. The van der Waals surface area contributed by atoms with E-state index in [-0.39, 0.29) is 18.1 Å². The van der Waals surface area contributed by atoms with Crippen LogP contribution >= 0.6 is 0 Å². The van der Waals surface area contributed by atoms with Gasteiger partial charge in [-0.25, -0.2) is 4.79 Å². The maximum Gasteiger partial charge on any atom is 0.318 e. The van der Waals surface area contributed by atoms with E-state index in [1.165, 1.54) is 5.56 Å². The molecule has 2 atom stereocenters. The Morgan fingerprint density at radius 3 is 2.72 bits per heavy atom. The first kappa shape index (κ1) is 17.3. The van der Waals surface area contributed by atoms with Gasteiger partial charge in [0, 0.05) is 25.0 Å². The third-order valence-corrected chi connectivity index (χ3v) is 5.04. The van der Waals surface area contributed by atoms with Crippen LogP contribution in [0.4, 0.5) is 4.79 Å². The first-order valence-corrected chi connectivity index (χ1v) is 8.69. The second kappa shape index (κ2) is 7.13. The summed E-state index contributed by atoms with van der Waals surface area (Å²) in [5.41, 5.74) is 4.49. The minimum atomic E-state index is -0.112. The molecule has 1 aliphatic heterocycles. The molecule has 2 aromatic rings. The van der Waals surface area contributed by atoms with Crippen molar-refractivity contribution in [3.05, 3.63) is 58.9 Å². The van der Waals surface area contributed by atoms with Crippen molar-refractivity contribution in [1.29, 1.82) is 0 Å². The van der Waals surface area contributed by atoms with Crippen molar-refractivity contribution in [3.8, 4) is 5.75 Å². The summed E-state index contributed by atoms with van der Waals surface area (Å²) in [5.74, 6) is 0.911. The number of aromatic nitrogens is 1. The van der Waals surface area contributed by atoms with E-state index in [0.717, 1.165) is 28.9 Å². The standard InChI is InChI=1S/C20H25N3O2/c1-5-18(15-8-10-21-11-9-15)23(4)20(24)22-17-12-25-19-14(3)13(2)6-7-16(17)19/h6-11,17-18H,5,12H2,1-4H3,(H,22,24)/t17-,18-/m0/s1. The van der Waals surface area contributed by atoms with Crippen LogP contribution in [-0.4, -0.2) is 29.6 Å². The lowest BCUT2D eigenvalue weighted by molar-refractivity contribution is 0.181. The highest BCUT2D eigenvalue weighted by Gasteiger charge is 2.29. The zero-order chi connectivity index (χ0) is 18.0. The van der Waals surface area contributed by atoms with Crippen LogP contribution in [0.15, 0.2) is 36.7 Å². The summed E-state index contributed by atoms with van der Waals surface area (Å²) < 4.78 is 5.83. The van der Waals surface area contributed by atoms with Crippen molar-refractivity contribution < 1.29 is 9.53 Å². The number of nitrogens with zero attached hydrogens (tertiary/aromatic N) is 2. The number of carbonyl (C=O) groups excluding carboxylic acids is 1. The molecule has 1 aromatic heterocycles. The predicted octanol–water partition coefficient (Wildman–Crippen LogP) is 3.92. The Balaban J connectivity index is 1.74. The van der Waals surface area contributed by atoms with Gasteiger partial charge in [0.05, 0.1) is 12.1 Å². The predicted molar refractivity (Wildman–Crippen MR) is 97.7 cm³/mol. The van der Waals surface area contributed by atoms with Crippen LogP contribution in [0, 0.1) is 13.8 Å². The molecule has 3 rings (SSSR count). The Morgan fingerprint density at radius 1 is 1.32 bits per heavy atom. The molecule has 2 heterocycles. The summed E-state index contributed by atoms with van der Waals surface area (Å²) in [6.07, 6.45) is 4.36. The average molecular weight is 339 g/mol. The van der Waals surface area contributed by atoms with Crippen LogP contribution in [0.25, 0.3) is 0 Å². The maximum atomic E-state index is 12.8. The molecule has 1 aromatic carbocycles. The third kappa shape index (κ3) is 3.31. The van der Waals surface area contributed by atoms with Crippen LogP contribution in [-0.2, 0) is 0 Å². The SMILES string of the molecule is CC[C@@H](c1ccncc1)N(C)C(=O)N[C@H]1COc2c1ccc(C)c2C. The fourth-order valence-corrected chi connectivity index (χ4v) is 3.36. The second-order valence-corrected chi connectivity index (χ2v) is 6.55. The zero-order valence-corrected chi connectivity index (χ0v) is 15.2. The molecule has 0 saturated carbocycles. The summed E-state index contributed by atoms with van der Waals surface area (Å²) in [7, 11) is 1.83. The molecule has 1 N–H and O–H groups in total. The molecule has 5 nitrogen and oxygen atoms in total. The minimum absolute atomic E-state index is 0.0181. The molecule has 0 radical (unpaired) electrons. The number of hydrogen-bond donors (Lipinski definition) is 1. The number of hydrogen-bond acceptors (Lipinski definition) is 3. The maximum absolute atomic E-state index is 12.8. The van der Waals surface area contributed by atoms with E-state index in [1.807, 2.05) is 19.2 Å². The number of carbonyl (C=O) groups is 1. The molecule has 5 heteroatoms. The van der Waals surface area contributed by atoms with Gasteiger partial charge in [0.25, 0.3) is 0 Å². The van der Waals surface area contributed by atoms with Gasteiger partial charge < -0.3 is 15.0 Å². The molecule has 0 fully saturated rings. The van der Waals surface area contributed by atoms with Crippen LogP contribution < -0.4 is 10.1 Å². The smallest absolute Gasteiger partial charge is 0.318 e. The Kier molecular flexibility index (Phi) is 4.93. The van der Waals surface area contributed by atoms with Gasteiger partial charge in [-0.2, -0.15) is 0 Å². The molecular formula is C20H25N3O2. The van der Waals surface area contributed by atoms with Gasteiger partial charge in [-0.3, -0.25) is 4.98 Å². The molecular weight excluding hydrogens is 314 g/mol. The monoisotopic (exact) mass is 339 g/mol. The van der Waals surface area contributed by atoms with Gasteiger partial charge >= 0.3 is 6.03 Å². The molecule has 2 amide bonds. The summed E-state index contributed by atoms with van der Waals surface area (Å²) >= 11 is 0. The van der Waals surface area contributed by atoms with E-state index >= 15 is 0 Å². The number of nitrogens with one attached hydrogen (secondary N) is 1. The van der Waals surface area contributed by atoms with Crippen molar-refractivity contribution in [2.24, 2.45) is 0 Å². The number of fused-ring (bicyclic) bond motifs is 1. The molecule has 0 bridgehead atoms. The van der Waals surface area contributed by atoms with Gasteiger partial charge in [-0.15, -0.1) is 0 Å². The number of aryl methyl sites for hydroxylation is 1. The first-order valence-electron chi connectivity index (χ1n) is 8.69. The number of urea groups is 1. The summed E-state index contributed by atoms with van der Waals surface area (Å²) in [5, 5.41) is 3.11. The van der Waals surface area contributed by atoms with Crippen molar-refractivity contribution in [2.75, 3.05) is 13.7 Å². The quantitative estimate of drug-likeness (QED) is 0.918. The summed E-state index contributed by atoms with van der Waals surface area (Å²) in [4.78, 5) is 18.6. The number of benzene rings is 1. The van der Waals surface area contributed by atoms with Crippen molar-refractivity contribution >= 4 is 6.03 Å². The summed E-state index contributed by atoms with van der Waals surface area (Å²) in [6, 6.07) is 7.86. The molecule has 0 aliphatic carbocycles. The lowest BCUT2D eigenvalue weighted by Gasteiger charge is -2.29. The van der Waals surface area contributed by atoms with Gasteiger partial charge in [-0.05, 0) is 49.1 Å². The van der Waals surface area contributed by atoms with Gasteiger partial charge in [0.15, 0.2) is 0 Å². The van der Waals surface area contributed by atoms with E-state index in [4.69, 9.17) is 4.74 Å².